The van der Waals surface area contributed by atoms with Crippen LogP contribution >= 0.6 is 0 Å². The van der Waals surface area contributed by atoms with Gasteiger partial charge in [-0.3, -0.25) is 14.1 Å². The Labute approximate surface area is 74.1 Å². The van der Waals surface area contributed by atoms with Gasteiger partial charge in [-0.25, -0.2) is 8.93 Å². The minimum Gasteiger partial charge on any atom is -0.289 e. The van der Waals surface area contributed by atoms with Gasteiger partial charge in [-0.2, -0.15) is 15.4 Å². The number of H-pyrrole nitrogens is 1. The molecule has 0 radical (unpaired) electrons. The van der Waals surface area contributed by atoms with E-state index in [2.05, 4.69) is 15.4 Å². The summed E-state index contributed by atoms with van der Waals surface area (Å²) in [5.41, 5.74) is -0.219. The quantitative estimate of drug-likeness (QED) is 0.304. The number of carbonyl (C=O) groups excluding carboxylic acids is 2. The third kappa shape index (κ3) is 2.42. The first-order valence-corrected chi connectivity index (χ1v) is 4.04. The zero-order chi connectivity index (χ0) is 9.84. The van der Waals surface area contributed by atoms with Crippen LogP contribution in [0.3, 0.4) is 0 Å². The van der Waals surface area contributed by atoms with E-state index in [1.807, 2.05) is 0 Å². The first-order valence-electron chi connectivity index (χ1n) is 2.93. The third-order valence-electron chi connectivity index (χ3n) is 1.03. The zero-order valence-corrected chi connectivity index (χ0v) is 6.87. The summed E-state index contributed by atoms with van der Waals surface area (Å²) >= 11 is -2.56. The summed E-state index contributed by atoms with van der Waals surface area (Å²) in [6.45, 7) is 0. The molecule has 0 saturated carbocycles. The zero-order valence-electron chi connectivity index (χ0n) is 6.05. The van der Waals surface area contributed by atoms with Crippen molar-refractivity contribution in [2.45, 2.75) is 0 Å². The number of rotatable bonds is 3. The van der Waals surface area contributed by atoms with Crippen LogP contribution in [0.5, 0.6) is 0 Å². The Bertz CT molecular complexity index is 347. The molecule has 1 unspecified atom stereocenters. The average molecular weight is 204 g/mol. The molecule has 1 aromatic rings. The Morgan fingerprint density at radius 3 is 2.77 bits per heavy atom. The van der Waals surface area contributed by atoms with Gasteiger partial charge in [0.25, 0.3) is 17.0 Å². The Hall–Kier alpha value is -1.61. The number of aromatic amines is 1. The van der Waals surface area contributed by atoms with Crippen molar-refractivity contribution in [2.24, 2.45) is 0 Å². The Kier molecular flexibility index (Phi) is 2.82. The van der Waals surface area contributed by atoms with Crippen molar-refractivity contribution in [2.75, 3.05) is 0 Å². The van der Waals surface area contributed by atoms with Crippen molar-refractivity contribution in [3.63, 3.8) is 0 Å². The number of ketones is 1. The van der Waals surface area contributed by atoms with Gasteiger partial charge < -0.3 is 0 Å². The van der Waals surface area contributed by atoms with Crippen molar-refractivity contribution in [3.8, 4) is 0 Å². The molecule has 0 saturated heterocycles. The molecule has 0 aromatic carbocycles. The normalized spacial score (nSPS) is 12.1. The number of Topliss-reactive ketones (excluding diaryl/α,β-unsaturated/α-hetero) is 1. The highest BCUT2D eigenvalue weighted by atomic mass is 32.2. The Morgan fingerprint density at radius 1 is 1.62 bits per heavy atom. The average Bonchev–Trinajstić information content (AvgIpc) is 2.53. The number of aromatic nitrogens is 3. The van der Waals surface area contributed by atoms with E-state index in [9.17, 15) is 13.8 Å². The van der Waals surface area contributed by atoms with Gasteiger partial charge in [0, 0.05) is 0 Å². The maximum absolute atomic E-state index is 11.0. The summed E-state index contributed by atoms with van der Waals surface area (Å²) in [7, 11) is 0. The van der Waals surface area contributed by atoms with Gasteiger partial charge >= 0.3 is 5.91 Å². The summed E-state index contributed by atoms with van der Waals surface area (Å²) in [4.78, 5) is 21.7. The van der Waals surface area contributed by atoms with Crippen LogP contribution in [0, 0.1) is 0 Å². The molecule has 0 aliphatic rings. The number of nitrogens with one attached hydrogen (secondary N) is 2. The van der Waals surface area contributed by atoms with Crippen molar-refractivity contribution in [1.82, 2.24) is 20.1 Å². The second-order valence-electron chi connectivity index (χ2n) is 1.86. The first kappa shape index (κ1) is 9.48. The van der Waals surface area contributed by atoms with Crippen LogP contribution in [0.2, 0.25) is 0 Å². The molecule has 0 bridgehead atoms. The lowest BCUT2D eigenvalue weighted by atomic mass is 10.3. The van der Waals surface area contributed by atoms with Gasteiger partial charge in [0.2, 0.25) is 0 Å². The second-order valence-corrected chi connectivity index (χ2v) is 2.57. The van der Waals surface area contributed by atoms with E-state index in [0.717, 1.165) is 6.20 Å². The molecule has 9 heteroatoms. The molecule has 1 heterocycles. The highest BCUT2D eigenvalue weighted by Gasteiger charge is 2.19. The van der Waals surface area contributed by atoms with Crippen LogP contribution in [0.4, 0.5) is 0 Å². The largest absolute Gasteiger partial charge is 0.307 e. The predicted octanol–water partition coefficient (Wildman–Crippen LogP) is -1.76. The van der Waals surface area contributed by atoms with Crippen LogP contribution in [0.15, 0.2) is 6.20 Å². The van der Waals surface area contributed by atoms with Gasteiger partial charge in [0.1, 0.15) is 0 Å². The molecule has 0 aliphatic carbocycles. The molecular weight excluding hydrogens is 200 g/mol. The van der Waals surface area contributed by atoms with E-state index in [1.54, 1.807) is 0 Å². The number of amides is 1. The molecule has 13 heavy (non-hydrogen) atoms. The standard InChI is InChI=1S/C4H4N4O4S/c9-3(2-1-5-8-6-2)4(10)7-13(11)12/h1H,(H,7,10)(H,11,12)(H,5,6,8). The topological polar surface area (TPSA) is 125 Å². The minimum absolute atomic E-state index is 0.219. The van der Waals surface area contributed by atoms with E-state index in [1.165, 1.54) is 4.72 Å². The third-order valence-corrected chi connectivity index (χ3v) is 1.39. The van der Waals surface area contributed by atoms with Crippen molar-refractivity contribution >= 4 is 23.0 Å². The van der Waals surface area contributed by atoms with Crippen molar-refractivity contribution in [1.29, 1.82) is 0 Å². The van der Waals surface area contributed by atoms with Crippen LogP contribution in [0.25, 0.3) is 0 Å². The van der Waals surface area contributed by atoms with E-state index in [-0.39, 0.29) is 5.69 Å². The summed E-state index contributed by atoms with van der Waals surface area (Å²) in [5, 5.41) is 8.73. The lowest BCUT2D eigenvalue weighted by Gasteiger charge is -1.94. The number of hydrogen-bond donors (Lipinski definition) is 3. The second kappa shape index (κ2) is 3.87. The maximum atomic E-state index is 11.0. The van der Waals surface area contributed by atoms with Crippen LogP contribution in [-0.4, -0.2) is 35.9 Å². The highest BCUT2D eigenvalue weighted by Crippen LogP contribution is 1.90. The summed E-state index contributed by atoms with van der Waals surface area (Å²) in [6, 6.07) is 0. The van der Waals surface area contributed by atoms with E-state index >= 15 is 0 Å². The van der Waals surface area contributed by atoms with Gasteiger partial charge in [0.15, 0.2) is 5.69 Å². The molecule has 8 nitrogen and oxygen atoms in total. The molecule has 70 valence electrons. The first-order chi connectivity index (χ1) is 6.11. The van der Waals surface area contributed by atoms with E-state index in [0.29, 0.717) is 0 Å². The van der Waals surface area contributed by atoms with Gasteiger partial charge in [-0.15, -0.1) is 0 Å². The summed E-state index contributed by atoms with van der Waals surface area (Å²) < 4.78 is 19.8. The Balaban J connectivity index is 2.69. The van der Waals surface area contributed by atoms with Crippen LogP contribution in [0.1, 0.15) is 10.5 Å². The smallest absolute Gasteiger partial charge is 0.289 e. The molecule has 3 N–H and O–H groups in total. The van der Waals surface area contributed by atoms with Crippen LogP contribution in [-0.2, 0) is 16.1 Å². The predicted molar refractivity (Wildman–Crippen MR) is 39.6 cm³/mol. The fraction of sp³-hybridized carbons (Fsp3) is 0. The van der Waals surface area contributed by atoms with Crippen molar-refractivity contribution in [3.05, 3.63) is 11.9 Å². The fourth-order valence-electron chi connectivity index (χ4n) is 0.553. The minimum atomic E-state index is -2.56. The van der Waals surface area contributed by atoms with Crippen molar-refractivity contribution < 1.29 is 18.4 Å². The molecule has 1 atom stereocenters. The monoisotopic (exact) mass is 204 g/mol. The number of nitrogens with zero attached hydrogens (tertiary/aromatic N) is 2. The van der Waals surface area contributed by atoms with Crippen LogP contribution < -0.4 is 4.72 Å². The highest BCUT2D eigenvalue weighted by molar-refractivity contribution is 7.77. The lowest BCUT2D eigenvalue weighted by Crippen LogP contribution is -2.32. The Morgan fingerprint density at radius 2 is 2.31 bits per heavy atom. The van der Waals surface area contributed by atoms with Gasteiger partial charge in [0.05, 0.1) is 6.20 Å². The molecule has 1 rings (SSSR count). The number of carbonyl (C=O) groups is 2. The molecule has 1 amide bonds. The van der Waals surface area contributed by atoms with Gasteiger partial charge in [-0.05, 0) is 0 Å². The molecular formula is C4H4N4O4S. The molecule has 0 fully saturated rings. The molecule has 1 aromatic heterocycles. The van der Waals surface area contributed by atoms with E-state index in [4.69, 9.17) is 4.55 Å². The molecule has 0 aliphatic heterocycles. The SMILES string of the molecule is O=C(NS(=O)O)C(=O)c1cn[nH]n1. The van der Waals surface area contributed by atoms with Gasteiger partial charge in [-0.1, -0.05) is 0 Å². The summed E-state index contributed by atoms with van der Waals surface area (Å²) in [5.74, 6) is -2.24. The van der Waals surface area contributed by atoms with E-state index < -0.39 is 23.0 Å². The maximum Gasteiger partial charge on any atom is 0.307 e. The lowest BCUT2D eigenvalue weighted by molar-refractivity contribution is -0.115. The molecule has 0 spiro atoms. The summed E-state index contributed by atoms with van der Waals surface area (Å²) in [6.07, 6.45) is 1.03. The number of hydrogen-bond acceptors (Lipinski definition) is 5. The fourth-order valence-corrected chi connectivity index (χ4v) is 0.804.